The van der Waals surface area contributed by atoms with Gasteiger partial charge in [0.25, 0.3) is 0 Å². The maximum absolute atomic E-state index is 12.8. The molecule has 0 rings (SSSR count). The van der Waals surface area contributed by atoms with Crippen LogP contribution in [0.2, 0.25) is 0 Å². The van der Waals surface area contributed by atoms with Crippen molar-refractivity contribution in [2.45, 2.75) is 284 Å². The minimum absolute atomic E-state index is 0.0783. The molecule has 6 heteroatoms. The predicted octanol–water partition coefficient (Wildman–Crippen LogP) is 17.3. The molecule has 0 aromatic rings. The van der Waals surface area contributed by atoms with Crippen LogP contribution in [0.4, 0.5) is 0 Å². The van der Waals surface area contributed by atoms with Gasteiger partial charge in [-0.25, -0.2) is 0 Å². The summed E-state index contributed by atoms with van der Waals surface area (Å²) in [6, 6.07) is 0. The monoisotopic (exact) mass is 857 g/mol. The van der Waals surface area contributed by atoms with Crippen molar-refractivity contribution in [1.82, 2.24) is 0 Å². The molecule has 0 amide bonds. The number of allylic oxidation sites excluding steroid dienone is 6. The number of esters is 3. The highest BCUT2D eigenvalue weighted by atomic mass is 16.6. The molecule has 0 radical (unpaired) electrons. The van der Waals surface area contributed by atoms with Gasteiger partial charge in [0.15, 0.2) is 6.10 Å². The Labute approximate surface area is 378 Å². The van der Waals surface area contributed by atoms with Gasteiger partial charge in [0.1, 0.15) is 13.2 Å². The van der Waals surface area contributed by atoms with E-state index in [4.69, 9.17) is 14.2 Å². The number of hydrogen-bond donors (Lipinski definition) is 0. The van der Waals surface area contributed by atoms with Gasteiger partial charge in [-0.2, -0.15) is 0 Å². The largest absolute Gasteiger partial charge is 0.462 e. The van der Waals surface area contributed by atoms with Crippen molar-refractivity contribution in [1.29, 1.82) is 0 Å². The Morgan fingerprint density at radius 1 is 0.328 bits per heavy atom. The van der Waals surface area contributed by atoms with Gasteiger partial charge in [0.05, 0.1) is 0 Å². The third-order valence-corrected chi connectivity index (χ3v) is 11.6. The van der Waals surface area contributed by atoms with Crippen molar-refractivity contribution >= 4 is 17.9 Å². The number of rotatable bonds is 48. The highest BCUT2D eigenvalue weighted by Crippen LogP contribution is 2.15. The predicted molar refractivity (Wildman–Crippen MR) is 261 cm³/mol. The topological polar surface area (TPSA) is 78.9 Å². The highest BCUT2D eigenvalue weighted by molar-refractivity contribution is 5.71. The van der Waals surface area contributed by atoms with Crippen LogP contribution in [-0.4, -0.2) is 37.2 Å². The molecule has 0 bridgehead atoms. The second-order valence-corrected chi connectivity index (χ2v) is 17.8. The van der Waals surface area contributed by atoms with Gasteiger partial charge in [0.2, 0.25) is 0 Å². The van der Waals surface area contributed by atoms with Gasteiger partial charge in [-0.1, -0.05) is 218 Å². The van der Waals surface area contributed by atoms with Crippen LogP contribution < -0.4 is 0 Å². The molecule has 6 nitrogen and oxygen atoms in total. The molecule has 0 aliphatic rings. The fourth-order valence-corrected chi connectivity index (χ4v) is 7.59. The van der Waals surface area contributed by atoms with Crippen LogP contribution in [-0.2, 0) is 28.6 Å². The van der Waals surface area contributed by atoms with Gasteiger partial charge in [-0.15, -0.1) is 0 Å². The van der Waals surface area contributed by atoms with E-state index >= 15 is 0 Å². The summed E-state index contributed by atoms with van der Waals surface area (Å²) >= 11 is 0. The third-order valence-electron chi connectivity index (χ3n) is 11.6. The lowest BCUT2D eigenvalue weighted by atomic mass is 10.0. The maximum Gasteiger partial charge on any atom is 0.306 e. The second-order valence-electron chi connectivity index (χ2n) is 17.8. The minimum Gasteiger partial charge on any atom is -0.462 e. The molecular formula is C55H100O6. The van der Waals surface area contributed by atoms with Crippen molar-refractivity contribution in [3.63, 3.8) is 0 Å². The highest BCUT2D eigenvalue weighted by Gasteiger charge is 2.19. The molecule has 1 unspecified atom stereocenters. The van der Waals surface area contributed by atoms with Crippen LogP contribution in [0, 0.1) is 0 Å². The fraction of sp³-hybridized carbons (Fsp3) is 0.836. The average Bonchev–Trinajstić information content (AvgIpc) is 3.26. The first-order valence-electron chi connectivity index (χ1n) is 26.5. The zero-order valence-electron chi connectivity index (χ0n) is 40.7. The Morgan fingerprint density at radius 3 is 0.967 bits per heavy atom. The number of hydrogen-bond acceptors (Lipinski definition) is 6. The Hall–Kier alpha value is -2.37. The molecule has 0 saturated heterocycles. The number of carbonyl (C=O) groups excluding carboxylic acids is 3. The lowest BCUT2D eigenvalue weighted by molar-refractivity contribution is -0.167. The zero-order valence-corrected chi connectivity index (χ0v) is 40.7. The van der Waals surface area contributed by atoms with E-state index in [1.54, 1.807) is 0 Å². The lowest BCUT2D eigenvalue weighted by Gasteiger charge is -2.18. The summed E-state index contributed by atoms with van der Waals surface area (Å²) in [6.07, 6.45) is 58.4. The summed E-state index contributed by atoms with van der Waals surface area (Å²) < 4.78 is 16.8. The van der Waals surface area contributed by atoms with Crippen molar-refractivity contribution in [3.05, 3.63) is 36.5 Å². The summed E-state index contributed by atoms with van der Waals surface area (Å²) in [7, 11) is 0. The van der Waals surface area contributed by atoms with E-state index in [0.717, 1.165) is 83.5 Å². The maximum atomic E-state index is 12.8. The van der Waals surface area contributed by atoms with Crippen molar-refractivity contribution in [2.75, 3.05) is 13.2 Å². The van der Waals surface area contributed by atoms with Gasteiger partial charge < -0.3 is 14.2 Å². The first kappa shape index (κ1) is 58.6. The molecule has 0 saturated carbocycles. The van der Waals surface area contributed by atoms with E-state index in [0.29, 0.717) is 19.3 Å². The van der Waals surface area contributed by atoms with Crippen LogP contribution >= 0.6 is 0 Å². The molecule has 0 fully saturated rings. The van der Waals surface area contributed by atoms with Crippen molar-refractivity contribution in [3.8, 4) is 0 Å². The van der Waals surface area contributed by atoms with Gasteiger partial charge in [-0.3, -0.25) is 14.4 Å². The second kappa shape index (κ2) is 50.3. The summed E-state index contributed by atoms with van der Waals surface area (Å²) in [4.78, 5) is 38.0. The Bertz CT molecular complexity index is 1030. The Kier molecular flexibility index (Phi) is 48.3. The third kappa shape index (κ3) is 48.5. The van der Waals surface area contributed by atoms with Crippen molar-refractivity contribution < 1.29 is 28.6 Å². The Morgan fingerprint density at radius 2 is 0.590 bits per heavy atom. The summed E-state index contributed by atoms with van der Waals surface area (Å²) in [5, 5.41) is 0. The van der Waals surface area contributed by atoms with Crippen LogP contribution in [0.5, 0.6) is 0 Å². The molecule has 1 atom stereocenters. The summed E-state index contributed by atoms with van der Waals surface area (Å²) in [5.74, 6) is -0.889. The van der Waals surface area contributed by atoms with E-state index in [-0.39, 0.29) is 31.1 Å². The fourth-order valence-electron chi connectivity index (χ4n) is 7.59. The molecule has 0 heterocycles. The van der Waals surface area contributed by atoms with Crippen LogP contribution in [0.15, 0.2) is 36.5 Å². The zero-order chi connectivity index (χ0) is 44.4. The van der Waals surface area contributed by atoms with E-state index in [1.165, 1.54) is 154 Å². The molecule has 0 aliphatic carbocycles. The minimum atomic E-state index is -0.777. The normalized spacial score (nSPS) is 12.2. The van der Waals surface area contributed by atoms with Gasteiger partial charge in [-0.05, 0) is 77.0 Å². The van der Waals surface area contributed by atoms with Crippen LogP contribution in [0.1, 0.15) is 278 Å². The SMILES string of the molecule is CCCCC/C=C\CCCCCCCC(=O)OCC(COC(=O)CCCCCCC/C=C\C/C=C\CCCCCC)OC(=O)CCCCCCCCCCCCCCCCC. The summed E-state index contributed by atoms with van der Waals surface area (Å²) in [6.45, 7) is 6.60. The molecule has 0 aromatic heterocycles. The molecular weight excluding hydrogens is 757 g/mol. The molecule has 356 valence electrons. The van der Waals surface area contributed by atoms with E-state index in [2.05, 4.69) is 57.2 Å². The number of ether oxygens (including phenoxy) is 3. The standard InChI is InChI=1S/C55H100O6/c1-4-7-10-13-16-19-22-25-27-29-30-33-36-39-42-45-48-54(57)60-51-52(50-59-53(56)47-44-41-38-35-32-24-21-18-15-12-9-6-3)61-55(58)49-46-43-40-37-34-31-28-26-23-20-17-14-11-8-5-2/h18-19,21-22,27,29,52H,4-17,20,23-26,28,30-51H2,1-3H3/b21-18-,22-19-,29-27-. The first-order chi connectivity index (χ1) is 30.0. The van der Waals surface area contributed by atoms with Gasteiger partial charge >= 0.3 is 17.9 Å². The molecule has 61 heavy (non-hydrogen) atoms. The average molecular weight is 857 g/mol. The van der Waals surface area contributed by atoms with E-state index < -0.39 is 6.10 Å². The quantitative estimate of drug-likeness (QED) is 0.0262. The smallest absolute Gasteiger partial charge is 0.306 e. The number of carbonyl (C=O) groups is 3. The first-order valence-corrected chi connectivity index (χ1v) is 26.5. The molecule has 0 aliphatic heterocycles. The van der Waals surface area contributed by atoms with E-state index in [9.17, 15) is 14.4 Å². The lowest BCUT2D eigenvalue weighted by Crippen LogP contribution is -2.30. The van der Waals surface area contributed by atoms with Crippen LogP contribution in [0.25, 0.3) is 0 Å². The summed E-state index contributed by atoms with van der Waals surface area (Å²) in [5.41, 5.74) is 0. The Balaban J connectivity index is 4.37. The van der Waals surface area contributed by atoms with Crippen LogP contribution in [0.3, 0.4) is 0 Å². The molecule has 0 spiro atoms. The molecule has 0 aromatic carbocycles. The van der Waals surface area contributed by atoms with E-state index in [1.807, 2.05) is 0 Å². The molecule has 0 N–H and O–H groups in total. The van der Waals surface area contributed by atoms with Crippen molar-refractivity contribution in [2.24, 2.45) is 0 Å². The number of unbranched alkanes of at least 4 members (excludes halogenated alkanes) is 31. The van der Waals surface area contributed by atoms with Gasteiger partial charge in [0, 0.05) is 19.3 Å².